The molecule has 0 N–H and O–H groups in total. The Hall–Kier alpha value is -2.73. The number of thioether (sulfide) groups is 1. The first-order chi connectivity index (χ1) is 14.7. The van der Waals surface area contributed by atoms with Crippen LogP contribution in [0.2, 0.25) is 0 Å². The number of fused-ring (bicyclic) bond motifs is 2. The molecular weight excluding hydrogens is 392 g/mol. The summed E-state index contributed by atoms with van der Waals surface area (Å²) in [6, 6.07) is 15.8. The topological polar surface area (TPSA) is 60.7 Å². The fourth-order valence-electron chi connectivity index (χ4n) is 4.28. The van der Waals surface area contributed by atoms with Crippen molar-refractivity contribution in [2.75, 3.05) is 0 Å². The molecule has 0 saturated heterocycles. The monoisotopic (exact) mass is 416 g/mol. The summed E-state index contributed by atoms with van der Waals surface area (Å²) in [6.45, 7) is 2.00. The van der Waals surface area contributed by atoms with Gasteiger partial charge in [-0.2, -0.15) is 0 Å². The van der Waals surface area contributed by atoms with Crippen molar-refractivity contribution < 1.29 is 0 Å². The van der Waals surface area contributed by atoms with Gasteiger partial charge in [0.25, 0.3) is 5.56 Å². The van der Waals surface area contributed by atoms with Gasteiger partial charge in [0.1, 0.15) is 0 Å². The zero-order valence-corrected chi connectivity index (χ0v) is 17.9. The number of rotatable bonds is 4. The average Bonchev–Trinajstić information content (AvgIpc) is 2.78. The lowest BCUT2D eigenvalue weighted by atomic mass is 9.95. The third-order valence-electron chi connectivity index (χ3n) is 5.90. The smallest absolute Gasteiger partial charge is 0.262 e. The van der Waals surface area contributed by atoms with Gasteiger partial charge in [-0.3, -0.25) is 9.36 Å². The highest BCUT2D eigenvalue weighted by Crippen LogP contribution is 2.32. The fraction of sp³-hybridized carbons (Fsp3) is 0.333. The normalized spacial score (nSPS) is 15.1. The Morgan fingerprint density at radius 2 is 1.57 bits per heavy atom. The van der Waals surface area contributed by atoms with E-state index < -0.39 is 0 Å². The Morgan fingerprint density at radius 1 is 0.900 bits per heavy atom. The van der Waals surface area contributed by atoms with Crippen LogP contribution in [0.4, 0.5) is 0 Å². The molecule has 2 aromatic heterocycles. The molecule has 30 heavy (non-hydrogen) atoms. The number of aryl methyl sites for hydroxylation is 1. The summed E-state index contributed by atoms with van der Waals surface area (Å²) in [4.78, 5) is 27.8. The van der Waals surface area contributed by atoms with Crippen LogP contribution in [0.25, 0.3) is 21.9 Å². The second-order valence-corrected chi connectivity index (χ2v) is 8.85. The third-order valence-corrected chi connectivity index (χ3v) is 6.86. The molecule has 2 heterocycles. The molecule has 0 bridgehead atoms. The van der Waals surface area contributed by atoms with Crippen LogP contribution in [-0.2, 0) is 5.75 Å². The number of hydrogen-bond donors (Lipinski definition) is 0. The van der Waals surface area contributed by atoms with Crippen molar-refractivity contribution in [2.45, 2.75) is 56.0 Å². The molecular formula is C24H24N4OS. The van der Waals surface area contributed by atoms with E-state index in [1.54, 1.807) is 11.8 Å². The molecule has 2 aromatic carbocycles. The van der Waals surface area contributed by atoms with Crippen LogP contribution < -0.4 is 5.56 Å². The summed E-state index contributed by atoms with van der Waals surface area (Å²) in [7, 11) is 0. The van der Waals surface area contributed by atoms with Crippen LogP contribution in [0.5, 0.6) is 0 Å². The lowest BCUT2D eigenvalue weighted by Gasteiger charge is -2.26. The quantitative estimate of drug-likeness (QED) is 0.327. The van der Waals surface area contributed by atoms with Crippen molar-refractivity contribution in [1.82, 2.24) is 19.5 Å². The van der Waals surface area contributed by atoms with Gasteiger partial charge in [0.2, 0.25) is 0 Å². The van der Waals surface area contributed by atoms with Gasteiger partial charge in [-0.15, -0.1) is 0 Å². The zero-order chi connectivity index (χ0) is 20.5. The van der Waals surface area contributed by atoms with E-state index in [0.29, 0.717) is 11.1 Å². The van der Waals surface area contributed by atoms with Crippen molar-refractivity contribution in [1.29, 1.82) is 0 Å². The molecule has 1 fully saturated rings. The molecule has 0 atom stereocenters. The second kappa shape index (κ2) is 8.19. The molecule has 0 amide bonds. The van der Waals surface area contributed by atoms with Gasteiger partial charge >= 0.3 is 0 Å². The third kappa shape index (κ3) is 3.60. The van der Waals surface area contributed by atoms with Crippen molar-refractivity contribution in [3.8, 4) is 0 Å². The molecule has 0 radical (unpaired) electrons. The maximum Gasteiger partial charge on any atom is 0.262 e. The Labute approximate surface area is 179 Å². The SMILES string of the molecule is Cc1nc2ccccc2nc1CSc1nc2ccccc2c(=O)n1C1CCCCC1. The number of benzene rings is 2. The molecule has 5 rings (SSSR count). The highest BCUT2D eigenvalue weighted by molar-refractivity contribution is 7.98. The van der Waals surface area contributed by atoms with E-state index >= 15 is 0 Å². The first-order valence-electron chi connectivity index (χ1n) is 10.6. The molecule has 5 nitrogen and oxygen atoms in total. The maximum atomic E-state index is 13.4. The molecule has 1 saturated carbocycles. The second-order valence-electron chi connectivity index (χ2n) is 7.91. The van der Waals surface area contributed by atoms with Crippen LogP contribution in [0.3, 0.4) is 0 Å². The summed E-state index contributed by atoms with van der Waals surface area (Å²) in [6.07, 6.45) is 5.68. The minimum Gasteiger partial charge on any atom is -0.284 e. The predicted octanol–water partition coefficient (Wildman–Crippen LogP) is 5.45. The Kier molecular flexibility index (Phi) is 5.25. The van der Waals surface area contributed by atoms with Crippen LogP contribution in [0.15, 0.2) is 58.5 Å². The van der Waals surface area contributed by atoms with E-state index in [1.807, 2.05) is 60.0 Å². The highest BCUT2D eigenvalue weighted by Gasteiger charge is 2.22. The zero-order valence-electron chi connectivity index (χ0n) is 17.0. The molecule has 6 heteroatoms. The number of para-hydroxylation sites is 3. The number of nitrogens with zero attached hydrogens (tertiary/aromatic N) is 4. The van der Waals surface area contributed by atoms with Gasteiger partial charge in [0.15, 0.2) is 5.16 Å². The Balaban J connectivity index is 1.55. The Bertz CT molecular complexity index is 1280. The molecule has 1 aliphatic rings. The van der Waals surface area contributed by atoms with Gasteiger partial charge in [0, 0.05) is 11.8 Å². The first kappa shape index (κ1) is 19.2. The van der Waals surface area contributed by atoms with Crippen molar-refractivity contribution >= 4 is 33.7 Å². The van der Waals surface area contributed by atoms with E-state index in [-0.39, 0.29) is 11.6 Å². The van der Waals surface area contributed by atoms with Crippen LogP contribution in [0, 0.1) is 6.92 Å². The van der Waals surface area contributed by atoms with E-state index in [4.69, 9.17) is 15.0 Å². The van der Waals surface area contributed by atoms with E-state index in [0.717, 1.165) is 45.9 Å². The van der Waals surface area contributed by atoms with E-state index in [9.17, 15) is 4.79 Å². The number of hydrogen-bond acceptors (Lipinski definition) is 5. The summed E-state index contributed by atoms with van der Waals surface area (Å²) in [5.74, 6) is 0.640. The molecule has 0 unspecified atom stereocenters. The van der Waals surface area contributed by atoms with Gasteiger partial charge in [-0.1, -0.05) is 55.3 Å². The molecule has 0 aliphatic heterocycles. The van der Waals surface area contributed by atoms with E-state index in [2.05, 4.69) is 0 Å². The molecule has 1 aliphatic carbocycles. The fourth-order valence-corrected chi connectivity index (χ4v) is 5.36. The standard InChI is InChI=1S/C24H24N4OS/c1-16-22(26-21-14-8-7-13-20(21)25-16)15-30-24-27-19-12-6-5-11-18(19)23(29)28(24)17-9-3-2-4-10-17/h5-8,11-14,17H,2-4,9-10,15H2,1H3. The largest absolute Gasteiger partial charge is 0.284 e. The van der Waals surface area contributed by atoms with Gasteiger partial charge < -0.3 is 0 Å². The minimum absolute atomic E-state index is 0.0799. The van der Waals surface area contributed by atoms with Crippen molar-refractivity contribution in [2.24, 2.45) is 0 Å². The first-order valence-corrected chi connectivity index (χ1v) is 11.6. The lowest BCUT2D eigenvalue weighted by molar-refractivity contribution is 0.326. The average molecular weight is 417 g/mol. The van der Waals surface area contributed by atoms with Crippen LogP contribution in [-0.4, -0.2) is 19.5 Å². The predicted molar refractivity (Wildman–Crippen MR) is 122 cm³/mol. The van der Waals surface area contributed by atoms with Crippen molar-refractivity contribution in [3.63, 3.8) is 0 Å². The minimum atomic E-state index is 0.0799. The molecule has 4 aromatic rings. The van der Waals surface area contributed by atoms with E-state index in [1.165, 1.54) is 19.3 Å². The molecule has 152 valence electrons. The maximum absolute atomic E-state index is 13.4. The van der Waals surface area contributed by atoms with Crippen LogP contribution >= 0.6 is 11.8 Å². The summed E-state index contributed by atoms with van der Waals surface area (Å²) >= 11 is 1.59. The molecule has 0 spiro atoms. The number of aromatic nitrogens is 4. The lowest BCUT2D eigenvalue weighted by Crippen LogP contribution is -2.29. The summed E-state index contributed by atoms with van der Waals surface area (Å²) in [5, 5.41) is 1.49. The van der Waals surface area contributed by atoms with Gasteiger partial charge in [-0.05, 0) is 44.0 Å². The summed E-state index contributed by atoms with van der Waals surface area (Å²) < 4.78 is 1.95. The van der Waals surface area contributed by atoms with Gasteiger partial charge in [-0.25, -0.2) is 15.0 Å². The highest BCUT2D eigenvalue weighted by atomic mass is 32.2. The van der Waals surface area contributed by atoms with Crippen LogP contribution in [0.1, 0.15) is 49.5 Å². The Morgan fingerprint density at radius 3 is 2.33 bits per heavy atom. The van der Waals surface area contributed by atoms with Gasteiger partial charge in [0.05, 0.1) is 33.3 Å². The van der Waals surface area contributed by atoms with Crippen molar-refractivity contribution in [3.05, 3.63) is 70.3 Å². The summed E-state index contributed by atoms with van der Waals surface area (Å²) in [5.41, 5.74) is 4.51.